The Kier molecular flexibility index (Phi) is 6.02. The first kappa shape index (κ1) is 13.4. The maximum Gasteiger partial charge on any atom is 0.328 e. The molecule has 1 aromatic carbocycles. The summed E-state index contributed by atoms with van der Waals surface area (Å²) in [7, 11) is 1.61. The van der Waals surface area contributed by atoms with Gasteiger partial charge in [0, 0.05) is 0 Å². The molecule has 0 unspecified atom stereocenters. The minimum atomic E-state index is -0.456. The third-order valence-corrected chi connectivity index (χ3v) is 2.05. The first-order valence-corrected chi connectivity index (χ1v) is 5.12. The second-order valence-electron chi connectivity index (χ2n) is 3.24. The summed E-state index contributed by atoms with van der Waals surface area (Å²) in [6.45, 7) is 0.722. The number of carbonyl (C=O) groups is 1. The van der Waals surface area contributed by atoms with Gasteiger partial charge in [0.2, 0.25) is 0 Å². The highest BCUT2D eigenvalue weighted by Crippen LogP contribution is 2.11. The Morgan fingerprint density at radius 3 is 2.65 bits per heavy atom. The Bertz CT molecular complexity index is 340. The summed E-state index contributed by atoms with van der Waals surface area (Å²) in [5, 5.41) is 0. The van der Waals surface area contributed by atoms with Crippen LogP contribution in [0.15, 0.2) is 24.3 Å². The van der Waals surface area contributed by atoms with Gasteiger partial charge in [-0.15, -0.1) is 0 Å². The third kappa shape index (κ3) is 5.30. The Morgan fingerprint density at radius 2 is 2.06 bits per heavy atom. The van der Waals surface area contributed by atoms with E-state index in [2.05, 4.69) is 4.84 Å². The number of methoxy groups -OCH3 is 1. The topological polar surface area (TPSA) is 82.8 Å². The van der Waals surface area contributed by atoms with E-state index in [1.54, 1.807) is 7.11 Å². The molecule has 17 heavy (non-hydrogen) atoms. The number of hydrazine groups is 1. The van der Waals surface area contributed by atoms with E-state index in [-0.39, 0.29) is 13.0 Å². The van der Waals surface area contributed by atoms with Gasteiger partial charge in [0.05, 0.1) is 26.7 Å². The van der Waals surface area contributed by atoms with Gasteiger partial charge < -0.3 is 14.3 Å². The number of benzene rings is 1. The van der Waals surface area contributed by atoms with Gasteiger partial charge in [-0.05, 0) is 17.7 Å². The van der Waals surface area contributed by atoms with Gasteiger partial charge >= 0.3 is 5.97 Å². The fourth-order valence-corrected chi connectivity index (χ4v) is 1.18. The Morgan fingerprint density at radius 1 is 1.35 bits per heavy atom. The second kappa shape index (κ2) is 7.61. The molecule has 0 aromatic heterocycles. The van der Waals surface area contributed by atoms with E-state index < -0.39 is 5.97 Å². The summed E-state index contributed by atoms with van der Waals surface area (Å²) in [6, 6.07) is 7.51. The predicted octanol–water partition coefficient (Wildman–Crippen LogP) is 0.523. The number of ether oxygens (including phenoxy) is 2. The smallest absolute Gasteiger partial charge is 0.328 e. The summed E-state index contributed by atoms with van der Waals surface area (Å²) < 4.78 is 10.3. The van der Waals surface area contributed by atoms with Crippen LogP contribution in [0.1, 0.15) is 12.0 Å². The summed E-state index contributed by atoms with van der Waals surface area (Å²) >= 11 is 0. The molecule has 6 nitrogen and oxygen atoms in total. The number of nitrogens with two attached hydrogens (primary N) is 1. The molecule has 0 aliphatic heterocycles. The van der Waals surface area contributed by atoms with Crippen molar-refractivity contribution in [2.45, 2.75) is 13.0 Å². The van der Waals surface area contributed by atoms with E-state index in [4.69, 9.17) is 15.3 Å². The summed E-state index contributed by atoms with van der Waals surface area (Å²) in [6.07, 6.45) is 0.153. The van der Waals surface area contributed by atoms with Gasteiger partial charge in [-0.25, -0.2) is 5.84 Å². The van der Waals surface area contributed by atoms with Gasteiger partial charge in [-0.3, -0.25) is 4.79 Å². The van der Waals surface area contributed by atoms with E-state index in [1.165, 1.54) is 0 Å². The Balaban J connectivity index is 2.19. The molecule has 0 spiro atoms. The molecule has 6 heteroatoms. The number of carbonyl (C=O) groups excluding carboxylic acids is 1. The standard InChI is InChI=1S/C11H16N2O4/c1-15-10-4-2-9(3-5-10)8-16-7-6-11(14)17-13-12/h2-5,13H,6-8,12H2,1H3. The molecule has 0 atom stereocenters. The van der Waals surface area contributed by atoms with Crippen LogP contribution in [0.25, 0.3) is 0 Å². The Labute approximate surface area is 99.6 Å². The van der Waals surface area contributed by atoms with Crippen LogP contribution in [-0.2, 0) is 21.0 Å². The highest BCUT2D eigenvalue weighted by molar-refractivity contribution is 5.69. The first-order valence-electron chi connectivity index (χ1n) is 5.12. The van der Waals surface area contributed by atoms with Gasteiger partial charge in [0.25, 0.3) is 0 Å². The molecule has 0 aliphatic rings. The number of hydrogen-bond acceptors (Lipinski definition) is 6. The summed E-state index contributed by atoms with van der Waals surface area (Å²) in [5.74, 6) is 5.15. The molecule has 0 heterocycles. The first-order chi connectivity index (χ1) is 8.26. The monoisotopic (exact) mass is 240 g/mol. The summed E-state index contributed by atoms with van der Waals surface area (Å²) in [4.78, 5) is 15.2. The lowest BCUT2D eigenvalue weighted by atomic mass is 10.2. The molecular formula is C11H16N2O4. The van der Waals surface area contributed by atoms with Crippen molar-refractivity contribution in [1.82, 2.24) is 5.59 Å². The van der Waals surface area contributed by atoms with Gasteiger partial charge in [0.15, 0.2) is 0 Å². The zero-order valence-corrected chi connectivity index (χ0v) is 9.64. The second-order valence-corrected chi connectivity index (χ2v) is 3.24. The predicted molar refractivity (Wildman–Crippen MR) is 60.7 cm³/mol. The lowest BCUT2D eigenvalue weighted by Gasteiger charge is -2.05. The van der Waals surface area contributed by atoms with Crippen LogP contribution < -0.4 is 16.2 Å². The minimum absolute atomic E-state index is 0.153. The maximum absolute atomic E-state index is 10.9. The van der Waals surface area contributed by atoms with Gasteiger partial charge in [-0.2, -0.15) is 0 Å². The van der Waals surface area contributed by atoms with E-state index in [9.17, 15) is 4.79 Å². The molecule has 0 bridgehead atoms. The zero-order chi connectivity index (χ0) is 12.5. The molecule has 0 saturated heterocycles. The molecule has 1 rings (SSSR count). The van der Waals surface area contributed by atoms with Crippen molar-refractivity contribution < 1.29 is 19.1 Å². The van der Waals surface area contributed by atoms with Crippen molar-refractivity contribution in [2.75, 3.05) is 13.7 Å². The highest BCUT2D eigenvalue weighted by Gasteiger charge is 2.02. The van der Waals surface area contributed by atoms with Crippen molar-refractivity contribution in [3.05, 3.63) is 29.8 Å². The number of rotatable bonds is 7. The quantitative estimate of drug-likeness (QED) is 0.411. The van der Waals surface area contributed by atoms with Crippen molar-refractivity contribution in [3.63, 3.8) is 0 Å². The van der Waals surface area contributed by atoms with Gasteiger partial charge in [0.1, 0.15) is 5.75 Å². The molecule has 0 aliphatic carbocycles. The molecule has 3 N–H and O–H groups in total. The molecule has 94 valence electrons. The van der Waals surface area contributed by atoms with E-state index in [0.717, 1.165) is 11.3 Å². The van der Waals surface area contributed by atoms with Gasteiger partial charge in [-0.1, -0.05) is 17.7 Å². The normalized spacial score (nSPS) is 10.0. The van der Waals surface area contributed by atoms with Crippen LogP contribution in [0.3, 0.4) is 0 Å². The van der Waals surface area contributed by atoms with Crippen LogP contribution in [0.5, 0.6) is 5.75 Å². The third-order valence-electron chi connectivity index (χ3n) is 2.05. The van der Waals surface area contributed by atoms with Crippen LogP contribution in [-0.4, -0.2) is 19.7 Å². The van der Waals surface area contributed by atoms with Crippen molar-refractivity contribution in [3.8, 4) is 5.75 Å². The van der Waals surface area contributed by atoms with E-state index in [0.29, 0.717) is 6.61 Å². The molecule has 1 aromatic rings. The molecule has 0 radical (unpaired) electrons. The van der Waals surface area contributed by atoms with Crippen molar-refractivity contribution in [1.29, 1.82) is 0 Å². The SMILES string of the molecule is COc1ccc(COCCC(=O)ONN)cc1. The fraction of sp³-hybridized carbons (Fsp3) is 0.364. The van der Waals surface area contributed by atoms with E-state index >= 15 is 0 Å². The van der Waals surface area contributed by atoms with Crippen LogP contribution in [0.2, 0.25) is 0 Å². The lowest BCUT2D eigenvalue weighted by Crippen LogP contribution is -2.26. The van der Waals surface area contributed by atoms with Crippen molar-refractivity contribution >= 4 is 5.97 Å². The van der Waals surface area contributed by atoms with E-state index in [1.807, 2.05) is 29.9 Å². The molecule has 0 fully saturated rings. The van der Waals surface area contributed by atoms with Crippen LogP contribution in [0, 0.1) is 0 Å². The maximum atomic E-state index is 10.9. The largest absolute Gasteiger partial charge is 0.497 e. The number of nitrogens with one attached hydrogen (secondary N) is 1. The fourth-order valence-electron chi connectivity index (χ4n) is 1.18. The Hall–Kier alpha value is -1.63. The molecular weight excluding hydrogens is 224 g/mol. The highest BCUT2D eigenvalue weighted by atomic mass is 16.7. The number of hydrogen-bond donors (Lipinski definition) is 2. The molecule has 0 amide bonds. The van der Waals surface area contributed by atoms with Crippen LogP contribution >= 0.6 is 0 Å². The average Bonchev–Trinajstić information content (AvgIpc) is 2.36. The zero-order valence-electron chi connectivity index (χ0n) is 9.64. The van der Waals surface area contributed by atoms with Crippen LogP contribution in [0.4, 0.5) is 0 Å². The minimum Gasteiger partial charge on any atom is -0.497 e. The van der Waals surface area contributed by atoms with Crippen molar-refractivity contribution in [2.24, 2.45) is 5.84 Å². The molecule has 0 saturated carbocycles. The lowest BCUT2D eigenvalue weighted by molar-refractivity contribution is -0.152. The average molecular weight is 240 g/mol. The summed E-state index contributed by atoms with van der Waals surface area (Å²) in [5.41, 5.74) is 2.83.